The van der Waals surface area contributed by atoms with E-state index in [1.54, 1.807) is 17.8 Å². The molecular weight excluding hydrogens is 425 g/mol. The highest BCUT2D eigenvalue weighted by molar-refractivity contribution is 6.34. The van der Waals surface area contributed by atoms with Crippen LogP contribution in [0.4, 0.5) is 11.8 Å². The summed E-state index contributed by atoms with van der Waals surface area (Å²) in [5, 5.41) is 22.4. The first-order chi connectivity index (χ1) is 14.3. The van der Waals surface area contributed by atoms with Gasteiger partial charge in [0, 0.05) is 48.2 Å². The van der Waals surface area contributed by atoms with Crippen LogP contribution < -0.4 is 10.2 Å². The maximum absolute atomic E-state index is 6.20. The topological polar surface area (TPSA) is 89.6 Å². The maximum atomic E-state index is 6.20. The summed E-state index contributed by atoms with van der Waals surface area (Å²) in [7, 11) is 5.47. The van der Waals surface area contributed by atoms with E-state index in [-0.39, 0.29) is 0 Å². The quantitative estimate of drug-likeness (QED) is 0.486. The van der Waals surface area contributed by atoms with Gasteiger partial charge in [-0.05, 0) is 42.0 Å². The summed E-state index contributed by atoms with van der Waals surface area (Å²) in [5.74, 6) is 1.27. The van der Waals surface area contributed by atoms with Gasteiger partial charge in [0.1, 0.15) is 5.82 Å². The fraction of sp³-hybridized carbons (Fsp3) is 0.316. The van der Waals surface area contributed by atoms with Crippen LogP contribution in [0.1, 0.15) is 16.8 Å². The summed E-state index contributed by atoms with van der Waals surface area (Å²) >= 11 is 12.4. The zero-order chi connectivity index (χ0) is 21.4. The minimum atomic E-state index is 0.499. The van der Waals surface area contributed by atoms with Crippen molar-refractivity contribution in [3.63, 3.8) is 0 Å². The molecule has 4 rings (SSSR count). The van der Waals surface area contributed by atoms with E-state index in [0.29, 0.717) is 29.1 Å². The number of benzene rings is 1. The van der Waals surface area contributed by atoms with Gasteiger partial charge in [-0.1, -0.05) is 28.3 Å². The monoisotopic (exact) mass is 445 g/mol. The Hall–Kier alpha value is -2.91. The van der Waals surface area contributed by atoms with Gasteiger partial charge in [-0.3, -0.25) is 4.68 Å². The lowest BCUT2D eigenvalue weighted by molar-refractivity contribution is 0.628. The third kappa shape index (κ3) is 4.03. The highest BCUT2D eigenvalue weighted by Gasteiger charge is 2.19. The Labute approximate surface area is 183 Å². The Kier molecular flexibility index (Phi) is 5.48. The molecule has 4 aromatic rings. The van der Waals surface area contributed by atoms with Gasteiger partial charge in [0.15, 0.2) is 5.65 Å². The minimum absolute atomic E-state index is 0.499. The number of aryl methyl sites for hydroxylation is 3. The van der Waals surface area contributed by atoms with Gasteiger partial charge in [0.05, 0.1) is 12.7 Å². The standard InChI is InChI=1S/C19H21Cl2N9/c1-11-16-7-13(17(22-2)23-18(16)28(3)25-11)10-30(19-24-27-29(4)26-19)9-12-5-14(20)8-15(21)6-12/h5-8H,9-10H2,1-4H3,(H,22,23). The number of halogens is 2. The zero-order valence-corrected chi connectivity index (χ0v) is 18.6. The summed E-state index contributed by atoms with van der Waals surface area (Å²) in [6.07, 6.45) is 0. The molecule has 0 saturated carbocycles. The first-order valence-corrected chi connectivity index (χ1v) is 10.0. The minimum Gasteiger partial charge on any atom is -0.373 e. The molecule has 0 spiro atoms. The fourth-order valence-corrected chi connectivity index (χ4v) is 4.02. The number of hydrogen-bond donors (Lipinski definition) is 1. The molecule has 1 N–H and O–H groups in total. The van der Waals surface area contributed by atoms with Crippen LogP contribution in [-0.4, -0.2) is 42.0 Å². The molecule has 11 heteroatoms. The molecule has 0 fully saturated rings. The molecule has 0 bridgehead atoms. The number of anilines is 2. The van der Waals surface area contributed by atoms with Crippen LogP contribution in [0.3, 0.4) is 0 Å². The number of hydrogen-bond acceptors (Lipinski definition) is 7. The van der Waals surface area contributed by atoms with Gasteiger partial charge in [0.25, 0.3) is 5.95 Å². The summed E-state index contributed by atoms with van der Waals surface area (Å²) in [5.41, 5.74) is 3.68. The van der Waals surface area contributed by atoms with Crippen LogP contribution in [0.5, 0.6) is 0 Å². The van der Waals surface area contributed by atoms with Crippen LogP contribution >= 0.6 is 23.2 Å². The predicted molar refractivity (Wildman–Crippen MR) is 118 cm³/mol. The van der Waals surface area contributed by atoms with Crippen LogP contribution in [0.15, 0.2) is 24.3 Å². The molecule has 9 nitrogen and oxygen atoms in total. The number of fused-ring (bicyclic) bond motifs is 1. The molecule has 0 radical (unpaired) electrons. The van der Waals surface area contributed by atoms with Crippen molar-refractivity contribution in [1.82, 2.24) is 35.0 Å². The number of pyridine rings is 1. The average Bonchev–Trinajstić information content (AvgIpc) is 3.23. The number of rotatable bonds is 6. The second kappa shape index (κ2) is 8.08. The molecule has 0 atom stereocenters. The van der Waals surface area contributed by atoms with Crippen LogP contribution in [0, 0.1) is 6.92 Å². The third-order valence-corrected chi connectivity index (χ3v) is 5.19. The van der Waals surface area contributed by atoms with Gasteiger partial charge < -0.3 is 10.2 Å². The van der Waals surface area contributed by atoms with E-state index >= 15 is 0 Å². The van der Waals surface area contributed by atoms with Gasteiger partial charge in [-0.2, -0.15) is 9.90 Å². The second-order valence-electron chi connectivity index (χ2n) is 7.04. The van der Waals surface area contributed by atoms with Crippen molar-refractivity contribution >= 4 is 46.0 Å². The van der Waals surface area contributed by atoms with Crippen LogP contribution in [0.25, 0.3) is 11.0 Å². The lowest BCUT2D eigenvalue weighted by Crippen LogP contribution is -2.24. The summed E-state index contributed by atoms with van der Waals surface area (Å²) < 4.78 is 1.78. The smallest absolute Gasteiger partial charge is 0.266 e. The predicted octanol–water partition coefficient (Wildman–Crippen LogP) is 3.36. The molecule has 0 aliphatic rings. The molecular formula is C19H21Cl2N9. The molecule has 0 amide bonds. The van der Waals surface area contributed by atoms with Crippen LogP contribution in [-0.2, 0) is 27.2 Å². The van der Waals surface area contributed by atoms with Crippen molar-refractivity contribution < 1.29 is 0 Å². The lowest BCUT2D eigenvalue weighted by atomic mass is 10.1. The van der Waals surface area contributed by atoms with Gasteiger partial charge in [-0.15, -0.1) is 5.10 Å². The van der Waals surface area contributed by atoms with E-state index in [2.05, 4.69) is 31.9 Å². The molecule has 0 saturated heterocycles. The SMILES string of the molecule is CNc1nc2c(cc1CN(Cc1cc(Cl)cc(Cl)c1)c1nnn(C)n1)c(C)nn2C. The summed E-state index contributed by atoms with van der Waals surface area (Å²) in [6.45, 7) is 2.98. The van der Waals surface area contributed by atoms with E-state index in [1.807, 2.05) is 38.1 Å². The number of nitrogens with one attached hydrogen (secondary N) is 1. The molecule has 30 heavy (non-hydrogen) atoms. The number of nitrogens with zero attached hydrogens (tertiary/aromatic N) is 8. The zero-order valence-electron chi connectivity index (χ0n) is 17.1. The Bertz CT molecular complexity index is 1190. The molecule has 0 aliphatic carbocycles. The van der Waals surface area contributed by atoms with E-state index in [1.165, 1.54) is 4.80 Å². The van der Waals surface area contributed by atoms with E-state index in [0.717, 1.165) is 33.7 Å². The van der Waals surface area contributed by atoms with Crippen molar-refractivity contribution in [3.8, 4) is 0 Å². The maximum Gasteiger partial charge on any atom is 0.266 e. The van der Waals surface area contributed by atoms with Gasteiger partial charge in [0.2, 0.25) is 0 Å². The van der Waals surface area contributed by atoms with Crippen molar-refractivity contribution in [2.75, 3.05) is 17.3 Å². The van der Waals surface area contributed by atoms with E-state index in [4.69, 9.17) is 28.2 Å². The van der Waals surface area contributed by atoms with E-state index < -0.39 is 0 Å². The Balaban J connectivity index is 1.75. The van der Waals surface area contributed by atoms with Crippen molar-refractivity contribution in [1.29, 1.82) is 0 Å². The summed E-state index contributed by atoms with van der Waals surface area (Å²) in [4.78, 5) is 8.19. The lowest BCUT2D eigenvalue weighted by Gasteiger charge is -2.22. The first kappa shape index (κ1) is 20.4. The normalized spacial score (nSPS) is 11.3. The molecule has 1 aromatic carbocycles. The second-order valence-corrected chi connectivity index (χ2v) is 7.91. The van der Waals surface area contributed by atoms with Crippen molar-refractivity contribution in [2.24, 2.45) is 14.1 Å². The highest BCUT2D eigenvalue weighted by Crippen LogP contribution is 2.27. The Morgan fingerprint density at radius 2 is 1.77 bits per heavy atom. The first-order valence-electron chi connectivity index (χ1n) is 9.29. The molecule has 0 unspecified atom stereocenters. The van der Waals surface area contributed by atoms with E-state index in [9.17, 15) is 0 Å². The third-order valence-electron chi connectivity index (χ3n) is 4.75. The van der Waals surface area contributed by atoms with Crippen molar-refractivity contribution in [3.05, 3.63) is 51.1 Å². The summed E-state index contributed by atoms with van der Waals surface area (Å²) in [6, 6.07) is 7.56. The van der Waals surface area contributed by atoms with Crippen LogP contribution in [0.2, 0.25) is 10.0 Å². The van der Waals surface area contributed by atoms with Gasteiger partial charge in [-0.25, -0.2) is 4.98 Å². The highest BCUT2D eigenvalue weighted by atomic mass is 35.5. The molecule has 3 heterocycles. The Morgan fingerprint density at radius 1 is 1.03 bits per heavy atom. The molecule has 3 aromatic heterocycles. The molecule has 156 valence electrons. The van der Waals surface area contributed by atoms with Gasteiger partial charge >= 0.3 is 0 Å². The molecule has 0 aliphatic heterocycles. The Morgan fingerprint density at radius 3 is 2.40 bits per heavy atom. The van der Waals surface area contributed by atoms with Crippen molar-refractivity contribution in [2.45, 2.75) is 20.0 Å². The largest absolute Gasteiger partial charge is 0.373 e. The number of aromatic nitrogens is 7. The fourth-order valence-electron chi connectivity index (χ4n) is 3.45. The average molecular weight is 446 g/mol. The number of tetrazole rings is 1.